The molecule has 0 fully saturated rings. The zero-order valence-electron chi connectivity index (χ0n) is 9.64. The SMILES string of the molecule is NCCNc1ncc(Oc2ccccc2F)cn1. The Balaban J connectivity index is 2.04. The number of benzene rings is 1. The van der Waals surface area contributed by atoms with E-state index in [1.54, 1.807) is 12.1 Å². The van der Waals surface area contributed by atoms with Gasteiger partial charge in [0, 0.05) is 13.1 Å². The van der Waals surface area contributed by atoms with Gasteiger partial charge in [0.2, 0.25) is 5.95 Å². The lowest BCUT2D eigenvalue weighted by atomic mass is 10.3. The first kappa shape index (κ1) is 12.3. The van der Waals surface area contributed by atoms with Gasteiger partial charge in [-0.3, -0.25) is 0 Å². The highest BCUT2D eigenvalue weighted by Crippen LogP contribution is 2.22. The first-order valence-corrected chi connectivity index (χ1v) is 5.48. The highest BCUT2D eigenvalue weighted by molar-refractivity contribution is 5.32. The van der Waals surface area contributed by atoms with E-state index in [1.165, 1.54) is 24.5 Å². The zero-order valence-corrected chi connectivity index (χ0v) is 9.64. The molecule has 0 unspecified atom stereocenters. The Labute approximate surface area is 104 Å². The van der Waals surface area contributed by atoms with Crippen LogP contribution in [0, 0.1) is 5.82 Å². The van der Waals surface area contributed by atoms with E-state index >= 15 is 0 Å². The minimum absolute atomic E-state index is 0.142. The molecule has 1 heterocycles. The number of nitrogens with two attached hydrogens (primary N) is 1. The van der Waals surface area contributed by atoms with Crippen molar-refractivity contribution in [3.05, 3.63) is 42.5 Å². The summed E-state index contributed by atoms with van der Waals surface area (Å²) in [4.78, 5) is 8.03. The van der Waals surface area contributed by atoms with Crippen LogP contribution in [0.15, 0.2) is 36.7 Å². The summed E-state index contributed by atoms with van der Waals surface area (Å²) in [6.45, 7) is 1.09. The molecule has 0 aliphatic heterocycles. The topological polar surface area (TPSA) is 73.1 Å². The summed E-state index contributed by atoms with van der Waals surface area (Å²) in [5, 5.41) is 2.92. The predicted octanol–water partition coefficient (Wildman–Crippen LogP) is 1.78. The molecule has 5 nitrogen and oxygen atoms in total. The Hall–Kier alpha value is -2.21. The molecule has 0 aliphatic rings. The van der Waals surface area contributed by atoms with Crippen molar-refractivity contribution in [2.75, 3.05) is 18.4 Å². The lowest BCUT2D eigenvalue weighted by Crippen LogP contribution is -2.14. The monoisotopic (exact) mass is 248 g/mol. The van der Waals surface area contributed by atoms with Gasteiger partial charge >= 0.3 is 0 Å². The van der Waals surface area contributed by atoms with Crippen LogP contribution in [0.5, 0.6) is 11.5 Å². The molecule has 0 saturated carbocycles. The smallest absolute Gasteiger partial charge is 0.222 e. The molecule has 2 rings (SSSR count). The molecule has 0 atom stereocenters. The number of para-hydroxylation sites is 1. The van der Waals surface area contributed by atoms with Gasteiger partial charge in [-0.1, -0.05) is 12.1 Å². The first-order valence-electron chi connectivity index (χ1n) is 5.48. The van der Waals surface area contributed by atoms with E-state index in [2.05, 4.69) is 15.3 Å². The summed E-state index contributed by atoms with van der Waals surface area (Å²) in [6, 6.07) is 6.15. The second kappa shape index (κ2) is 5.92. The van der Waals surface area contributed by atoms with Gasteiger partial charge in [0.05, 0.1) is 12.4 Å². The minimum Gasteiger partial charge on any atom is -0.451 e. The van der Waals surface area contributed by atoms with E-state index < -0.39 is 5.82 Å². The van der Waals surface area contributed by atoms with Crippen LogP contribution in [0.1, 0.15) is 0 Å². The van der Waals surface area contributed by atoms with E-state index in [9.17, 15) is 4.39 Å². The normalized spacial score (nSPS) is 10.1. The number of rotatable bonds is 5. The molecule has 2 aromatic rings. The van der Waals surface area contributed by atoms with Gasteiger partial charge in [-0.25, -0.2) is 14.4 Å². The molecule has 3 N–H and O–H groups in total. The Morgan fingerprint density at radius 3 is 2.61 bits per heavy atom. The molecule has 0 spiro atoms. The van der Waals surface area contributed by atoms with Gasteiger partial charge in [0.15, 0.2) is 17.3 Å². The Morgan fingerprint density at radius 2 is 1.94 bits per heavy atom. The first-order chi connectivity index (χ1) is 8.79. The summed E-state index contributed by atoms with van der Waals surface area (Å²) in [5.41, 5.74) is 5.34. The van der Waals surface area contributed by atoms with Crippen molar-refractivity contribution >= 4 is 5.95 Å². The molecule has 1 aromatic carbocycles. The average molecular weight is 248 g/mol. The van der Waals surface area contributed by atoms with Gasteiger partial charge in [-0.05, 0) is 12.1 Å². The fraction of sp³-hybridized carbons (Fsp3) is 0.167. The van der Waals surface area contributed by atoms with Crippen LogP contribution in [0.3, 0.4) is 0 Å². The molecule has 0 radical (unpaired) electrons. The van der Waals surface area contributed by atoms with Crippen molar-refractivity contribution in [3.8, 4) is 11.5 Å². The molecular weight excluding hydrogens is 235 g/mol. The van der Waals surface area contributed by atoms with E-state index in [-0.39, 0.29) is 5.75 Å². The fourth-order valence-electron chi connectivity index (χ4n) is 1.30. The number of hydrogen-bond acceptors (Lipinski definition) is 5. The third kappa shape index (κ3) is 3.14. The number of halogens is 1. The van der Waals surface area contributed by atoms with Gasteiger partial charge in [-0.2, -0.15) is 0 Å². The number of nitrogens with one attached hydrogen (secondary N) is 1. The molecular formula is C12H13FN4O. The molecule has 18 heavy (non-hydrogen) atoms. The third-order valence-electron chi connectivity index (χ3n) is 2.12. The van der Waals surface area contributed by atoms with Crippen molar-refractivity contribution in [3.63, 3.8) is 0 Å². The van der Waals surface area contributed by atoms with Crippen LogP contribution < -0.4 is 15.8 Å². The zero-order chi connectivity index (χ0) is 12.8. The summed E-state index contributed by atoms with van der Waals surface area (Å²) < 4.78 is 18.6. The van der Waals surface area contributed by atoms with Crippen LogP contribution in [0.4, 0.5) is 10.3 Å². The van der Waals surface area contributed by atoms with Crippen molar-refractivity contribution in [1.82, 2.24) is 9.97 Å². The fourth-order valence-corrected chi connectivity index (χ4v) is 1.30. The van der Waals surface area contributed by atoms with E-state index in [1.807, 2.05) is 0 Å². The van der Waals surface area contributed by atoms with Crippen molar-refractivity contribution in [2.24, 2.45) is 5.73 Å². The molecule has 0 amide bonds. The van der Waals surface area contributed by atoms with Crippen LogP contribution >= 0.6 is 0 Å². The van der Waals surface area contributed by atoms with E-state index in [4.69, 9.17) is 10.5 Å². The van der Waals surface area contributed by atoms with Crippen molar-refractivity contribution < 1.29 is 9.13 Å². The lowest BCUT2D eigenvalue weighted by Gasteiger charge is -2.06. The van der Waals surface area contributed by atoms with E-state index in [0.29, 0.717) is 24.8 Å². The quantitative estimate of drug-likeness (QED) is 0.843. The maximum atomic E-state index is 13.3. The molecule has 0 saturated heterocycles. The molecule has 6 heteroatoms. The Bertz CT molecular complexity index is 504. The number of aromatic nitrogens is 2. The van der Waals surface area contributed by atoms with Crippen LogP contribution in [0.25, 0.3) is 0 Å². The third-order valence-corrected chi connectivity index (χ3v) is 2.12. The summed E-state index contributed by atoms with van der Waals surface area (Å²) in [7, 11) is 0. The second-order valence-electron chi connectivity index (χ2n) is 3.49. The molecule has 0 aliphatic carbocycles. The average Bonchev–Trinajstić information content (AvgIpc) is 2.41. The highest BCUT2D eigenvalue weighted by Gasteiger charge is 2.04. The second-order valence-corrected chi connectivity index (χ2v) is 3.49. The minimum atomic E-state index is -0.428. The predicted molar refractivity (Wildman–Crippen MR) is 66.1 cm³/mol. The molecule has 94 valence electrons. The van der Waals surface area contributed by atoms with Gasteiger partial charge in [-0.15, -0.1) is 0 Å². The largest absolute Gasteiger partial charge is 0.451 e. The maximum absolute atomic E-state index is 13.3. The van der Waals surface area contributed by atoms with Crippen LogP contribution in [-0.2, 0) is 0 Å². The molecule has 0 bridgehead atoms. The van der Waals surface area contributed by atoms with Gasteiger partial charge < -0.3 is 15.8 Å². The molecule has 1 aromatic heterocycles. The highest BCUT2D eigenvalue weighted by atomic mass is 19.1. The number of anilines is 1. The number of hydrogen-bond donors (Lipinski definition) is 2. The summed E-state index contributed by atoms with van der Waals surface area (Å²) >= 11 is 0. The maximum Gasteiger partial charge on any atom is 0.222 e. The number of nitrogens with zero attached hydrogens (tertiary/aromatic N) is 2. The number of ether oxygens (including phenoxy) is 1. The Kier molecular flexibility index (Phi) is 4.03. The van der Waals surface area contributed by atoms with Crippen LogP contribution in [-0.4, -0.2) is 23.1 Å². The summed E-state index contributed by atoms with van der Waals surface area (Å²) in [5.74, 6) is 0.548. The summed E-state index contributed by atoms with van der Waals surface area (Å²) in [6.07, 6.45) is 2.94. The van der Waals surface area contributed by atoms with Gasteiger partial charge in [0.25, 0.3) is 0 Å². The van der Waals surface area contributed by atoms with Crippen molar-refractivity contribution in [1.29, 1.82) is 0 Å². The standard InChI is InChI=1S/C12H13FN4O/c13-10-3-1-2-4-11(10)18-9-7-16-12(17-8-9)15-6-5-14/h1-4,7-8H,5-6,14H2,(H,15,16,17). The van der Waals surface area contributed by atoms with Crippen LogP contribution in [0.2, 0.25) is 0 Å². The Morgan fingerprint density at radius 1 is 1.22 bits per heavy atom. The lowest BCUT2D eigenvalue weighted by molar-refractivity contribution is 0.439. The van der Waals surface area contributed by atoms with E-state index in [0.717, 1.165) is 0 Å². The van der Waals surface area contributed by atoms with Gasteiger partial charge in [0.1, 0.15) is 0 Å². The van der Waals surface area contributed by atoms with Crippen molar-refractivity contribution in [2.45, 2.75) is 0 Å².